The molecule has 0 aliphatic heterocycles. The Bertz CT molecular complexity index is 1170. The van der Waals surface area contributed by atoms with Gasteiger partial charge in [0, 0.05) is 11.6 Å². The molecule has 0 aromatic heterocycles. The molecule has 0 aliphatic rings. The number of ether oxygens (including phenoxy) is 1. The summed E-state index contributed by atoms with van der Waals surface area (Å²) < 4.78 is 97.0. The van der Waals surface area contributed by atoms with E-state index in [9.17, 15) is 35.2 Å². The third kappa shape index (κ3) is 7.72. The highest BCUT2D eigenvalue weighted by Crippen LogP contribution is 2.34. The molecule has 0 heterocycles. The standard InChI is InChI=1S/C22H23F5N2O4S/c1-12(2)33-19-11-16(22(25,26)27)7-5-14(19)6-8-20(30)28-13(3)15-9-17(23)21(18(24)10-15)29-34(4,31)32/h5-13,29H,1-4H3,(H,28,30)/b8-6+. The van der Waals surface area contributed by atoms with Gasteiger partial charge in [0.15, 0.2) is 11.6 Å². The summed E-state index contributed by atoms with van der Waals surface area (Å²) in [5.41, 5.74) is -1.51. The van der Waals surface area contributed by atoms with E-state index in [0.29, 0.717) is 0 Å². The number of hydrogen-bond acceptors (Lipinski definition) is 4. The Morgan fingerprint density at radius 2 is 1.65 bits per heavy atom. The van der Waals surface area contributed by atoms with Gasteiger partial charge in [-0.1, -0.05) is 6.07 Å². The maximum atomic E-state index is 14.2. The smallest absolute Gasteiger partial charge is 0.416 e. The number of alkyl halides is 3. The van der Waals surface area contributed by atoms with Crippen LogP contribution in [0.3, 0.4) is 0 Å². The van der Waals surface area contributed by atoms with Crippen LogP contribution in [0.25, 0.3) is 6.08 Å². The summed E-state index contributed by atoms with van der Waals surface area (Å²) in [6, 6.07) is 3.70. The van der Waals surface area contributed by atoms with Gasteiger partial charge in [-0.25, -0.2) is 17.2 Å². The summed E-state index contributed by atoms with van der Waals surface area (Å²) in [4.78, 5) is 12.3. The first-order valence-corrected chi connectivity index (χ1v) is 11.8. The molecule has 2 aromatic carbocycles. The van der Waals surface area contributed by atoms with Crippen molar-refractivity contribution < 1.29 is 39.9 Å². The summed E-state index contributed by atoms with van der Waals surface area (Å²) >= 11 is 0. The topological polar surface area (TPSA) is 84.5 Å². The van der Waals surface area contributed by atoms with E-state index in [0.717, 1.165) is 42.7 Å². The van der Waals surface area contributed by atoms with E-state index in [-0.39, 0.29) is 16.9 Å². The minimum Gasteiger partial charge on any atom is -0.490 e. The van der Waals surface area contributed by atoms with Crippen LogP contribution in [0, 0.1) is 11.6 Å². The van der Waals surface area contributed by atoms with Crippen molar-refractivity contribution >= 4 is 27.7 Å². The summed E-state index contributed by atoms with van der Waals surface area (Å²) in [7, 11) is -3.91. The number of nitrogens with one attached hydrogen (secondary N) is 2. The van der Waals surface area contributed by atoms with Gasteiger partial charge in [0.2, 0.25) is 15.9 Å². The Morgan fingerprint density at radius 1 is 1.06 bits per heavy atom. The quantitative estimate of drug-likeness (QED) is 0.389. The summed E-state index contributed by atoms with van der Waals surface area (Å²) in [5, 5.41) is 2.47. The lowest BCUT2D eigenvalue weighted by molar-refractivity contribution is -0.137. The highest BCUT2D eigenvalue weighted by atomic mass is 32.2. The molecule has 2 rings (SSSR count). The van der Waals surface area contributed by atoms with E-state index in [2.05, 4.69) is 5.32 Å². The summed E-state index contributed by atoms with van der Waals surface area (Å²) in [6.45, 7) is 4.71. The number of hydrogen-bond donors (Lipinski definition) is 2. The Hall–Kier alpha value is -3.15. The Balaban J connectivity index is 2.20. The lowest BCUT2D eigenvalue weighted by Gasteiger charge is -2.16. The molecule has 2 N–H and O–H groups in total. The van der Waals surface area contributed by atoms with Crippen LogP contribution in [-0.2, 0) is 21.0 Å². The molecule has 0 saturated carbocycles. The second kappa shape index (κ2) is 10.4. The normalized spacial score (nSPS) is 13.2. The van der Waals surface area contributed by atoms with Crippen LogP contribution in [0.15, 0.2) is 36.4 Å². The van der Waals surface area contributed by atoms with Crippen LogP contribution in [-0.4, -0.2) is 26.7 Å². The fraction of sp³-hybridized carbons (Fsp3) is 0.318. The molecular weight excluding hydrogens is 483 g/mol. The van der Waals surface area contributed by atoms with E-state index in [1.54, 1.807) is 18.6 Å². The number of carbonyl (C=O) groups excluding carboxylic acids is 1. The Labute approximate surface area is 193 Å². The van der Waals surface area contributed by atoms with E-state index in [1.807, 2.05) is 0 Å². The highest BCUT2D eigenvalue weighted by molar-refractivity contribution is 7.92. The minimum atomic E-state index is -4.57. The van der Waals surface area contributed by atoms with Gasteiger partial charge >= 0.3 is 6.18 Å². The van der Waals surface area contributed by atoms with Gasteiger partial charge in [0.25, 0.3) is 0 Å². The predicted octanol–water partition coefficient (Wildman–Crippen LogP) is 5.03. The van der Waals surface area contributed by atoms with Crippen molar-refractivity contribution in [3.05, 3.63) is 64.7 Å². The van der Waals surface area contributed by atoms with Crippen molar-refractivity contribution in [3.8, 4) is 5.75 Å². The molecule has 1 atom stereocenters. The number of amides is 1. The number of carbonyl (C=O) groups is 1. The molecule has 2 aromatic rings. The SMILES string of the molecule is CC(C)Oc1cc(C(F)(F)F)ccc1/C=C/C(=O)NC(C)c1cc(F)c(NS(C)(=O)=O)c(F)c1. The monoisotopic (exact) mass is 506 g/mol. The van der Waals surface area contributed by atoms with Crippen molar-refractivity contribution in [2.24, 2.45) is 0 Å². The molecule has 34 heavy (non-hydrogen) atoms. The molecule has 0 aliphatic carbocycles. The Morgan fingerprint density at radius 3 is 2.15 bits per heavy atom. The molecule has 186 valence electrons. The zero-order chi connectivity index (χ0) is 25.8. The lowest BCUT2D eigenvalue weighted by Crippen LogP contribution is -2.25. The van der Waals surface area contributed by atoms with E-state index in [4.69, 9.17) is 4.74 Å². The van der Waals surface area contributed by atoms with Gasteiger partial charge in [-0.15, -0.1) is 0 Å². The first-order valence-electron chi connectivity index (χ1n) is 9.90. The second-order valence-corrected chi connectivity index (χ2v) is 9.46. The number of benzene rings is 2. The maximum absolute atomic E-state index is 14.2. The number of rotatable bonds is 8. The first kappa shape index (κ1) is 27.1. The van der Waals surface area contributed by atoms with E-state index < -0.39 is 57.1 Å². The van der Waals surface area contributed by atoms with E-state index in [1.165, 1.54) is 13.0 Å². The van der Waals surface area contributed by atoms with Gasteiger partial charge in [-0.05, 0) is 56.7 Å². The van der Waals surface area contributed by atoms with Crippen LogP contribution >= 0.6 is 0 Å². The van der Waals surface area contributed by atoms with Gasteiger partial charge in [0.05, 0.1) is 24.0 Å². The average Bonchev–Trinajstić information content (AvgIpc) is 2.67. The summed E-state index contributed by atoms with van der Waals surface area (Å²) in [5.74, 6) is -3.10. The first-order chi connectivity index (χ1) is 15.6. The van der Waals surface area contributed by atoms with Crippen LogP contribution in [0.4, 0.5) is 27.6 Å². The van der Waals surface area contributed by atoms with Crippen LogP contribution in [0.1, 0.15) is 43.5 Å². The molecule has 1 amide bonds. The molecule has 0 spiro atoms. The van der Waals surface area contributed by atoms with Crippen molar-refractivity contribution in [3.63, 3.8) is 0 Å². The summed E-state index contributed by atoms with van der Waals surface area (Å²) in [6.07, 6.45) is -1.96. The van der Waals surface area contributed by atoms with Crippen molar-refractivity contribution in [1.82, 2.24) is 5.32 Å². The fourth-order valence-electron chi connectivity index (χ4n) is 2.84. The van der Waals surface area contributed by atoms with E-state index >= 15 is 0 Å². The molecule has 0 saturated heterocycles. The fourth-order valence-corrected chi connectivity index (χ4v) is 3.41. The predicted molar refractivity (Wildman–Crippen MR) is 118 cm³/mol. The zero-order valence-electron chi connectivity index (χ0n) is 18.6. The minimum absolute atomic E-state index is 0.0224. The van der Waals surface area contributed by atoms with Gasteiger partial charge in [-0.2, -0.15) is 13.2 Å². The van der Waals surface area contributed by atoms with Crippen LogP contribution in [0.5, 0.6) is 5.75 Å². The highest BCUT2D eigenvalue weighted by Gasteiger charge is 2.31. The zero-order valence-corrected chi connectivity index (χ0v) is 19.4. The molecule has 12 heteroatoms. The third-order valence-corrected chi connectivity index (χ3v) is 4.90. The Kier molecular flexibility index (Phi) is 8.30. The molecule has 1 unspecified atom stereocenters. The van der Waals surface area contributed by atoms with Crippen molar-refractivity contribution in [1.29, 1.82) is 0 Å². The number of sulfonamides is 1. The molecule has 0 bridgehead atoms. The van der Waals surface area contributed by atoms with Gasteiger partial charge < -0.3 is 10.1 Å². The number of halogens is 5. The van der Waals surface area contributed by atoms with Crippen LogP contribution in [0.2, 0.25) is 0 Å². The maximum Gasteiger partial charge on any atom is 0.416 e. The molecular formula is C22H23F5N2O4S. The third-order valence-electron chi connectivity index (χ3n) is 4.33. The molecule has 6 nitrogen and oxygen atoms in total. The van der Waals surface area contributed by atoms with Gasteiger partial charge in [0.1, 0.15) is 11.4 Å². The largest absolute Gasteiger partial charge is 0.490 e. The second-order valence-electron chi connectivity index (χ2n) is 7.71. The number of anilines is 1. The lowest BCUT2D eigenvalue weighted by atomic mass is 10.1. The van der Waals surface area contributed by atoms with Crippen LogP contribution < -0.4 is 14.8 Å². The van der Waals surface area contributed by atoms with Crippen molar-refractivity contribution in [2.45, 2.75) is 39.1 Å². The van der Waals surface area contributed by atoms with Crippen molar-refractivity contribution in [2.75, 3.05) is 11.0 Å². The van der Waals surface area contributed by atoms with Gasteiger partial charge in [-0.3, -0.25) is 9.52 Å². The molecule has 0 fully saturated rings. The molecule has 0 radical (unpaired) electrons. The average molecular weight is 506 g/mol.